The minimum absolute atomic E-state index is 0.0303. The van der Waals surface area contributed by atoms with Crippen LogP contribution in [0.4, 0.5) is 0 Å². The second kappa shape index (κ2) is 5.84. The quantitative estimate of drug-likeness (QED) is 0.804. The predicted octanol–water partition coefficient (Wildman–Crippen LogP) is 3.90. The van der Waals surface area contributed by atoms with E-state index < -0.39 is 0 Å². The predicted molar refractivity (Wildman–Crippen MR) is 73.1 cm³/mol. The van der Waals surface area contributed by atoms with E-state index in [1.54, 1.807) is 7.11 Å². The van der Waals surface area contributed by atoms with Gasteiger partial charge in [0, 0.05) is 7.11 Å². The summed E-state index contributed by atoms with van der Waals surface area (Å²) in [5.74, 6) is -0.0303. The lowest BCUT2D eigenvalue weighted by Crippen LogP contribution is -2.13. The molecule has 1 aliphatic rings. The van der Waals surface area contributed by atoms with E-state index in [1.165, 1.54) is 11.1 Å². The van der Waals surface area contributed by atoms with Gasteiger partial charge in [0.25, 0.3) is 0 Å². The topological polar surface area (TPSA) is 33.0 Å². The van der Waals surface area contributed by atoms with Crippen LogP contribution in [0.1, 0.15) is 43.2 Å². The minimum atomic E-state index is -0.0303. The Morgan fingerprint density at radius 1 is 1.33 bits per heavy atom. The van der Waals surface area contributed by atoms with Crippen molar-refractivity contribution in [3.63, 3.8) is 0 Å². The van der Waals surface area contributed by atoms with Crippen molar-refractivity contribution in [1.29, 1.82) is 5.26 Å². The maximum absolute atomic E-state index is 8.89. The molecule has 18 heavy (non-hydrogen) atoms. The van der Waals surface area contributed by atoms with Crippen LogP contribution < -0.4 is 0 Å². The van der Waals surface area contributed by atoms with Gasteiger partial charge in [-0.2, -0.15) is 5.26 Å². The van der Waals surface area contributed by atoms with E-state index in [0.29, 0.717) is 6.10 Å². The van der Waals surface area contributed by atoms with Gasteiger partial charge in [-0.3, -0.25) is 0 Å². The Labute approximate surface area is 109 Å². The van der Waals surface area contributed by atoms with Crippen molar-refractivity contribution >= 4 is 5.57 Å². The van der Waals surface area contributed by atoms with Crippen molar-refractivity contribution in [3.05, 3.63) is 41.5 Å². The number of hydrogen-bond acceptors (Lipinski definition) is 2. The first-order valence-electron chi connectivity index (χ1n) is 6.46. The van der Waals surface area contributed by atoms with E-state index in [2.05, 4.69) is 36.4 Å². The van der Waals surface area contributed by atoms with Crippen LogP contribution in [-0.2, 0) is 4.74 Å². The fraction of sp³-hybridized carbons (Fsp3) is 0.438. The summed E-state index contributed by atoms with van der Waals surface area (Å²) in [5.41, 5.74) is 3.77. The van der Waals surface area contributed by atoms with Gasteiger partial charge in [0.05, 0.1) is 18.1 Å². The van der Waals surface area contributed by atoms with E-state index in [-0.39, 0.29) is 5.92 Å². The molecule has 0 aromatic heterocycles. The van der Waals surface area contributed by atoms with E-state index in [0.717, 1.165) is 24.8 Å². The average Bonchev–Trinajstić information content (AvgIpc) is 2.47. The van der Waals surface area contributed by atoms with Gasteiger partial charge in [0.2, 0.25) is 0 Å². The molecule has 2 rings (SSSR count). The minimum Gasteiger partial charge on any atom is -0.381 e. The van der Waals surface area contributed by atoms with Gasteiger partial charge < -0.3 is 4.74 Å². The van der Waals surface area contributed by atoms with Crippen LogP contribution >= 0.6 is 0 Å². The molecule has 0 amide bonds. The van der Waals surface area contributed by atoms with Gasteiger partial charge in [-0.15, -0.1) is 0 Å². The highest BCUT2D eigenvalue weighted by atomic mass is 16.5. The van der Waals surface area contributed by atoms with Crippen molar-refractivity contribution in [2.75, 3.05) is 7.11 Å². The molecule has 0 N–H and O–H groups in total. The standard InChI is InChI=1S/C16H19NO/c1-12(11-17)13-3-5-14(6-4-13)15-7-9-16(18-2)10-8-15/h3-7,12,16H,8-10H2,1-2H3. The van der Waals surface area contributed by atoms with Crippen molar-refractivity contribution in [1.82, 2.24) is 0 Å². The fourth-order valence-corrected chi connectivity index (χ4v) is 2.35. The number of hydrogen-bond donors (Lipinski definition) is 0. The Balaban J connectivity index is 2.11. The first-order chi connectivity index (χ1) is 8.74. The van der Waals surface area contributed by atoms with Crippen LogP contribution in [0.5, 0.6) is 0 Å². The first kappa shape index (κ1) is 12.9. The average molecular weight is 241 g/mol. The number of rotatable bonds is 3. The molecule has 1 aromatic carbocycles. The molecule has 2 atom stereocenters. The molecule has 1 aromatic rings. The zero-order valence-corrected chi connectivity index (χ0v) is 11.0. The Bertz CT molecular complexity index is 467. The highest BCUT2D eigenvalue weighted by molar-refractivity contribution is 5.66. The molecule has 0 saturated carbocycles. The van der Waals surface area contributed by atoms with Crippen molar-refractivity contribution in [3.8, 4) is 6.07 Å². The molecule has 2 nitrogen and oxygen atoms in total. The lowest BCUT2D eigenvalue weighted by Gasteiger charge is -2.21. The number of allylic oxidation sites excluding steroid dienone is 1. The largest absolute Gasteiger partial charge is 0.381 e. The maximum atomic E-state index is 8.89. The third-order valence-corrected chi connectivity index (χ3v) is 3.67. The summed E-state index contributed by atoms with van der Waals surface area (Å²) >= 11 is 0. The summed E-state index contributed by atoms with van der Waals surface area (Å²) < 4.78 is 5.36. The van der Waals surface area contributed by atoms with E-state index in [1.807, 2.05) is 6.92 Å². The molecule has 0 bridgehead atoms. The maximum Gasteiger partial charge on any atom is 0.0700 e. The molecule has 2 heteroatoms. The molecule has 1 aliphatic carbocycles. The Hall–Kier alpha value is -1.59. The number of methoxy groups -OCH3 is 1. The molecule has 0 radical (unpaired) electrons. The SMILES string of the molecule is COC1CC=C(c2ccc(C(C)C#N)cc2)CC1. The second-order valence-corrected chi connectivity index (χ2v) is 4.83. The normalized spacial score (nSPS) is 20.9. The third-order valence-electron chi connectivity index (χ3n) is 3.67. The molecule has 0 aliphatic heterocycles. The lowest BCUT2D eigenvalue weighted by molar-refractivity contribution is 0.0964. The van der Waals surface area contributed by atoms with Gasteiger partial charge in [-0.1, -0.05) is 30.3 Å². The summed E-state index contributed by atoms with van der Waals surface area (Å²) in [6.45, 7) is 1.93. The summed E-state index contributed by atoms with van der Waals surface area (Å²) in [4.78, 5) is 0. The Morgan fingerprint density at radius 2 is 2.06 bits per heavy atom. The monoisotopic (exact) mass is 241 g/mol. The zero-order valence-electron chi connectivity index (χ0n) is 11.0. The molecule has 0 fully saturated rings. The van der Waals surface area contributed by atoms with E-state index in [9.17, 15) is 0 Å². The summed E-state index contributed by atoms with van der Waals surface area (Å²) in [6.07, 6.45) is 5.83. The number of ether oxygens (including phenoxy) is 1. The molecular formula is C16H19NO. The number of nitrogens with zero attached hydrogens (tertiary/aromatic N) is 1. The van der Waals surface area contributed by atoms with Gasteiger partial charge in [0.15, 0.2) is 0 Å². The van der Waals surface area contributed by atoms with Gasteiger partial charge in [-0.05, 0) is 42.9 Å². The van der Waals surface area contributed by atoms with Gasteiger partial charge in [-0.25, -0.2) is 0 Å². The van der Waals surface area contributed by atoms with Crippen LogP contribution in [0.2, 0.25) is 0 Å². The lowest BCUT2D eigenvalue weighted by atomic mass is 9.90. The van der Waals surface area contributed by atoms with Crippen molar-refractivity contribution < 1.29 is 4.74 Å². The zero-order chi connectivity index (χ0) is 13.0. The second-order valence-electron chi connectivity index (χ2n) is 4.83. The summed E-state index contributed by atoms with van der Waals surface area (Å²) in [5, 5.41) is 8.89. The highest BCUT2D eigenvalue weighted by Crippen LogP contribution is 2.28. The van der Waals surface area contributed by atoms with Crippen molar-refractivity contribution in [2.24, 2.45) is 0 Å². The molecule has 0 spiro atoms. The van der Waals surface area contributed by atoms with E-state index >= 15 is 0 Å². The van der Waals surface area contributed by atoms with Crippen molar-refractivity contribution in [2.45, 2.75) is 38.2 Å². The van der Waals surface area contributed by atoms with Crippen LogP contribution in [0.15, 0.2) is 30.3 Å². The van der Waals surface area contributed by atoms with E-state index in [4.69, 9.17) is 10.00 Å². The number of nitriles is 1. The molecule has 0 heterocycles. The molecular weight excluding hydrogens is 222 g/mol. The molecule has 2 unspecified atom stereocenters. The van der Waals surface area contributed by atoms with Crippen LogP contribution in [0, 0.1) is 11.3 Å². The number of benzene rings is 1. The fourth-order valence-electron chi connectivity index (χ4n) is 2.35. The highest BCUT2D eigenvalue weighted by Gasteiger charge is 2.14. The molecule has 94 valence electrons. The summed E-state index contributed by atoms with van der Waals surface area (Å²) in [6, 6.07) is 10.6. The molecule has 0 saturated heterocycles. The smallest absolute Gasteiger partial charge is 0.0700 e. The van der Waals surface area contributed by atoms with Gasteiger partial charge >= 0.3 is 0 Å². The summed E-state index contributed by atoms with van der Waals surface area (Å²) in [7, 11) is 1.78. The Kier molecular flexibility index (Phi) is 4.17. The van der Waals surface area contributed by atoms with Crippen LogP contribution in [0.25, 0.3) is 5.57 Å². The van der Waals surface area contributed by atoms with Crippen LogP contribution in [0.3, 0.4) is 0 Å². The third kappa shape index (κ3) is 2.80. The Morgan fingerprint density at radius 3 is 2.56 bits per heavy atom. The van der Waals surface area contributed by atoms with Crippen LogP contribution in [-0.4, -0.2) is 13.2 Å². The first-order valence-corrected chi connectivity index (χ1v) is 6.46. The van der Waals surface area contributed by atoms with Gasteiger partial charge in [0.1, 0.15) is 0 Å².